The lowest BCUT2D eigenvalue weighted by Crippen LogP contribution is -2.31. The van der Waals surface area contributed by atoms with Crippen molar-refractivity contribution in [3.8, 4) is 0 Å². The van der Waals surface area contributed by atoms with Gasteiger partial charge in [-0.1, -0.05) is 102 Å². The van der Waals surface area contributed by atoms with Crippen molar-refractivity contribution in [1.29, 1.82) is 0 Å². The summed E-state index contributed by atoms with van der Waals surface area (Å²) in [5.74, 6) is 1.75. The zero-order valence-electron chi connectivity index (χ0n) is 20.5. The molecule has 1 aliphatic carbocycles. The first-order chi connectivity index (χ1) is 15.3. The first kappa shape index (κ1) is 24.8. The van der Waals surface area contributed by atoms with E-state index in [1.807, 2.05) is 0 Å². The SMILES string of the molecule is CCCCCCCC1CCC(c2ccc(C3COC(CCCCCC)CO3)cc2)CC1. The highest BCUT2D eigenvalue weighted by atomic mass is 16.6. The van der Waals surface area contributed by atoms with E-state index in [-0.39, 0.29) is 6.10 Å². The average molecular weight is 429 g/mol. The first-order valence-electron chi connectivity index (χ1n) is 13.6. The Morgan fingerprint density at radius 1 is 0.645 bits per heavy atom. The van der Waals surface area contributed by atoms with E-state index in [2.05, 4.69) is 38.1 Å². The minimum Gasteiger partial charge on any atom is -0.373 e. The van der Waals surface area contributed by atoms with E-state index >= 15 is 0 Å². The number of rotatable bonds is 13. The van der Waals surface area contributed by atoms with Crippen LogP contribution in [0.15, 0.2) is 24.3 Å². The van der Waals surface area contributed by atoms with Crippen molar-refractivity contribution in [3.63, 3.8) is 0 Å². The van der Waals surface area contributed by atoms with Gasteiger partial charge in [-0.05, 0) is 55.1 Å². The van der Waals surface area contributed by atoms with Crippen LogP contribution in [0.5, 0.6) is 0 Å². The normalized spacial score (nSPS) is 26.8. The lowest BCUT2D eigenvalue weighted by Gasteiger charge is -2.31. The van der Waals surface area contributed by atoms with Gasteiger partial charge in [-0.25, -0.2) is 0 Å². The maximum atomic E-state index is 6.17. The molecule has 0 N–H and O–H groups in total. The molecular weight excluding hydrogens is 380 g/mol. The Bertz CT molecular complexity index is 565. The summed E-state index contributed by atoms with van der Waals surface area (Å²) in [5.41, 5.74) is 2.82. The summed E-state index contributed by atoms with van der Waals surface area (Å²) in [6.45, 7) is 6.02. The van der Waals surface area contributed by atoms with E-state index < -0.39 is 0 Å². The van der Waals surface area contributed by atoms with Crippen molar-refractivity contribution in [2.24, 2.45) is 5.92 Å². The summed E-state index contributed by atoms with van der Waals surface area (Å²) in [6.07, 6.45) is 21.0. The second-order valence-corrected chi connectivity index (χ2v) is 10.2. The summed E-state index contributed by atoms with van der Waals surface area (Å²) in [4.78, 5) is 0. The molecular formula is C29H48O2. The minimum absolute atomic E-state index is 0.115. The number of hydrogen-bond acceptors (Lipinski definition) is 2. The van der Waals surface area contributed by atoms with Gasteiger partial charge in [0.25, 0.3) is 0 Å². The molecule has 0 amide bonds. The maximum Gasteiger partial charge on any atom is 0.106 e. The van der Waals surface area contributed by atoms with Crippen molar-refractivity contribution in [3.05, 3.63) is 35.4 Å². The molecule has 1 heterocycles. The van der Waals surface area contributed by atoms with E-state index in [1.165, 1.54) is 101 Å². The van der Waals surface area contributed by atoms with E-state index in [0.29, 0.717) is 12.7 Å². The molecule has 2 atom stereocenters. The number of benzene rings is 1. The molecule has 31 heavy (non-hydrogen) atoms. The fraction of sp³-hybridized carbons (Fsp3) is 0.793. The van der Waals surface area contributed by atoms with Crippen LogP contribution in [-0.2, 0) is 9.47 Å². The third-order valence-electron chi connectivity index (χ3n) is 7.69. The van der Waals surface area contributed by atoms with Gasteiger partial charge in [-0.15, -0.1) is 0 Å². The van der Waals surface area contributed by atoms with Gasteiger partial charge in [0, 0.05) is 0 Å². The highest BCUT2D eigenvalue weighted by Gasteiger charge is 2.25. The Kier molecular flexibility index (Phi) is 11.4. The van der Waals surface area contributed by atoms with Crippen molar-refractivity contribution in [2.75, 3.05) is 13.2 Å². The second-order valence-electron chi connectivity index (χ2n) is 10.2. The third kappa shape index (κ3) is 8.54. The summed E-state index contributed by atoms with van der Waals surface area (Å²) in [5, 5.41) is 0. The van der Waals surface area contributed by atoms with Crippen molar-refractivity contribution < 1.29 is 9.47 Å². The molecule has 0 bridgehead atoms. The number of hydrogen-bond donors (Lipinski definition) is 0. The predicted octanol–water partition coefficient (Wildman–Crippen LogP) is 8.75. The molecule has 1 aromatic rings. The van der Waals surface area contributed by atoms with Crippen LogP contribution in [0.2, 0.25) is 0 Å². The smallest absolute Gasteiger partial charge is 0.106 e. The van der Waals surface area contributed by atoms with E-state index in [9.17, 15) is 0 Å². The topological polar surface area (TPSA) is 18.5 Å². The fourth-order valence-corrected chi connectivity index (χ4v) is 5.50. The number of ether oxygens (including phenoxy) is 2. The molecule has 2 nitrogen and oxygen atoms in total. The molecule has 2 heteroatoms. The van der Waals surface area contributed by atoms with Crippen LogP contribution >= 0.6 is 0 Å². The van der Waals surface area contributed by atoms with E-state index in [0.717, 1.165) is 24.9 Å². The highest BCUT2D eigenvalue weighted by Crippen LogP contribution is 2.38. The molecule has 1 saturated heterocycles. The summed E-state index contributed by atoms with van der Waals surface area (Å²) in [7, 11) is 0. The van der Waals surface area contributed by atoms with Crippen LogP contribution in [0.25, 0.3) is 0 Å². The second kappa shape index (κ2) is 14.3. The zero-order chi connectivity index (χ0) is 21.7. The molecule has 0 radical (unpaired) electrons. The lowest BCUT2D eigenvalue weighted by atomic mass is 9.77. The average Bonchev–Trinajstić information content (AvgIpc) is 2.83. The molecule has 176 valence electrons. The van der Waals surface area contributed by atoms with Gasteiger partial charge in [0.05, 0.1) is 19.3 Å². The summed E-state index contributed by atoms with van der Waals surface area (Å²) < 4.78 is 12.3. The molecule has 2 aliphatic rings. The largest absolute Gasteiger partial charge is 0.373 e. The van der Waals surface area contributed by atoms with Crippen LogP contribution in [0.1, 0.15) is 133 Å². The van der Waals surface area contributed by atoms with Crippen LogP contribution in [0, 0.1) is 5.92 Å². The standard InChI is InChI=1S/C29H48O2/c1-3-5-7-9-10-12-24-14-16-25(17-15-24)26-18-20-27(21-19-26)29-23-30-28(22-31-29)13-11-8-6-4-2/h18-21,24-25,28-29H,3-17,22-23H2,1-2H3. The van der Waals surface area contributed by atoms with Crippen molar-refractivity contribution in [1.82, 2.24) is 0 Å². The molecule has 1 aliphatic heterocycles. The molecule has 0 aromatic heterocycles. The van der Waals surface area contributed by atoms with Crippen LogP contribution in [-0.4, -0.2) is 19.3 Å². The maximum absolute atomic E-state index is 6.17. The van der Waals surface area contributed by atoms with Crippen molar-refractivity contribution in [2.45, 2.75) is 128 Å². The Labute approximate surface area is 192 Å². The Balaban J connectivity index is 1.34. The quantitative estimate of drug-likeness (QED) is 0.292. The Morgan fingerprint density at radius 3 is 1.90 bits per heavy atom. The molecule has 1 saturated carbocycles. The molecule has 0 spiro atoms. The van der Waals surface area contributed by atoms with Crippen LogP contribution in [0.4, 0.5) is 0 Å². The number of unbranched alkanes of at least 4 members (excludes halogenated alkanes) is 7. The van der Waals surface area contributed by atoms with Gasteiger partial charge in [-0.2, -0.15) is 0 Å². The minimum atomic E-state index is 0.115. The summed E-state index contributed by atoms with van der Waals surface area (Å²) in [6, 6.07) is 9.33. The van der Waals surface area contributed by atoms with Gasteiger partial charge >= 0.3 is 0 Å². The molecule has 2 fully saturated rings. The monoisotopic (exact) mass is 428 g/mol. The lowest BCUT2D eigenvalue weighted by molar-refractivity contribution is -0.137. The van der Waals surface area contributed by atoms with Gasteiger partial charge < -0.3 is 9.47 Å². The summed E-state index contributed by atoms with van der Waals surface area (Å²) >= 11 is 0. The van der Waals surface area contributed by atoms with Gasteiger partial charge in [0.15, 0.2) is 0 Å². The zero-order valence-corrected chi connectivity index (χ0v) is 20.5. The molecule has 2 unspecified atom stereocenters. The van der Waals surface area contributed by atoms with E-state index in [1.54, 1.807) is 0 Å². The third-order valence-corrected chi connectivity index (χ3v) is 7.69. The Hall–Kier alpha value is -0.860. The Morgan fingerprint density at radius 2 is 1.26 bits per heavy atom. The van der Waals surface area contributed by atoms with E-state index in [4.69, 9.17) is 9.47 Å². The fourth-order valence-electron chi connectivity index (χ4n) is 5.50. The predicted molar refractivity (Wildman–Crippen MR) is 132 cm³/mol. The van der Waals surface area contributed by atoms with Gasteiger partial charge in [0.2, 0.25) is 0 Å². The van der Waals surface area contributed by atoms with Gasteiger partial charge in [-0.3, -0.25) is 0 Å². The first-order valence-corrected chi connectivity index (χ1v) is 13.6. The van der Waals surface area contributed by atoms with Gasteiger partial charge in [0.1, 0.15) is 6.10 Å². The van der Waals surface area contributed by atoms with Crippen LogP contribution in [0.3, 0.4) is 0 Å². The van der Waals surface area contributed by atoms with Crippen LogP contribution < -0.4 is 0 Å². The molecule has 3 rings (SSSR count). The van der Waals surface area contributed by atoms with Crippen molar-refractivity contribution >= 4 is 0 Å². The molecule has 1 aromatic carbocycles. The highest BCUT2D eigenvalue weighted by molar-refractivity contribution is 5.27.